The van der Waals surface area contributed by atoms with E-state index in [1.165, 1.54) is 0 Å². The van der Waals surface area contributed by atoms with Gasteiger partial charge < -0.3 is 15.3 Å². The van der Waals surface area contributed by atoms with Crippen LogP contribution in [0.5, 0.6) is 0 Å². The number of rotatable bonds is 4. The summed E-state index contributed by atoms with van der Waals surface area (Å²) in [5, 5.41) is 11.8. The van der Waals surface area contributed by atoms with Crippen LogP contribution in [0, 0.1) is 5.92 Å². The molecule has 1 saturated heterocycles. The van der Waals surface area contributed by atoms with Crippen molar-refractivity contribution in [2.45, 2.75) is 39.3 Å². The molecule has 1 heterocycles. The molecular formula is C16H22N2O3. The van der Waals surface area contributed by atoms with Gasteiger partial charge in [0.2, 0.25) is 0 Å². The van der Waals surface area contributed by atoms with Gasteiger partial charge in [0.1, 0.15) is 0 Å². The summed E-state index contributed by atoms with van der Waals surface area (Å²) in [6.07, 6.45) is 2.10. The number of amides is 2. The highest BCUT2D eigenvalue weighted by atomic mass is 16.4. The number of carboxylic acid groups (broad SMARTS) is 1. The summed E-state index contributed by atoms with van der Waals surface area (Å²) in [6.45, 7) is 5.41. The molecule has 1 unspecified atom stereocenters. The summed E-state index contributed by atoms with van der Waals surface area (Å²) < 4.78 is 0. The molecule has 1 aromatic carbocycles. The van der Waals surface area contributed by atoms with E-state index in [1.807, 2.05) is 11.0 Å². The highest BCUT2D eigenvalue weighted by Crippen LogP contribution is 2.23. The van der Waals surface area contributed by atoms with Gasteiger partial charge in [-0.1, -0.05) is 26.0 Å². The standard InChI is InChI=1S/C16H22N2O3/c1-11(2)14-7-4-8-18(14)16(21)17-10-12-5-3-6-13(9-12)15(19)20/h3,5-6,9,11,14H,4,7-8,10H2,1-2H3,(H,17,21)(H,19,20). The average molecular weight is 290 g/mol. The van der Waals surface area contributed by atoms with Gasteiger partial charge in [-0.15, -0.1) is 0 Å². The molecule has 0 saturated carbocycles. The van der Waals surface area contributed by atoms with Crippen molar-refractivity contribution in [1.29, 1.82) is 0 Å². The van der Waals surface area contributed by atoms with Crippen LogP contribution in [0.3, 0.4) is 0 Å². The lowest BCUT2D eigenvalue weighted by Gasteiger charge is -2.27. The predicted octanol–water partition coefficient (Wildman–Crippen LogP) is 2.71. The van der Waals surface area contributed by atoms with E-state index >= 15 is 0 Å². The lowest BCUT2D eigenvalue weighted by atomic mass is 10.0. The van der Waals surface area contributed by atoms with Crippen LogP contribution in [0.4, 0.5) is 4.79 Å². The SMILES string of the molecule is CC(C)C1CCCN1C(=O)NCc1cccc(C(=O)O)c1. The Morgan fingerprint density at radius 3 is 2.86 bits per heavy atom. The Hall–Kier alpha value is -2.04. The van der Waals surface area contributed by atoms with Gasteiger partial charge in [0.05, 0.1) is 5.56 Å². The van der Waals surface area contributed by atoms with Crippen molar-refractivity contribution < 1.29 is 14.7 Å². The molecule has 0 aromatic heterocycles. The van der Waals surface area contributed by atoms with Crippen molar-refractivity contribution >= 4 is 12.0 Å². The molecular weight excluding hydrogens is 268 g/mol. The number of likely N-dealkylation sites (tertiary alicyclic amines) is 1. The number of urea groups is 1. The number of hydrogen-bond acceptors (Lipinski definition) is 2. The van der Waals surface area contributed by atoms with E-state index in [9.17, 15) is 9.59 Å². The van der Waals surface area contributed by atoms with Gasteiger partial charge in [0, 0.05) is 19.1 Å². The minimum absolute atomic E-state index is 0.0630. The van der Waals surface area contributed by atoms with Crippen LogP contribution >= 0.6 is 0 Å². The minimum atomic E-state index is -0.956. The van der Waals surface area contributed by atoms with Gasteiger partial charge in [0.15, 0.2) is 0 Å². The number of carboxylic acids is 1. The second kappa shape index (κ2) is 6.61. The van der Waals surface area contributed by atoms with Gasteiger partial charge in [-0.25, -0.2) is 9.59 Å². The molecule has 0 radical (unpaired) electrons. The molecule has 1 atom stereocenters. The van der Waals surface area contributed by atoms with Crippen LogP contribution in [-0.2, 0) is 6.54 Å². The molecule has 0 aliphatic carbocycles. The summed E-state index contributed by atoms with van der Waals surface area (Å²) in [5.74, 6) is -0.504. The Labute approximate surface area is 125 Å². The largest absolute Gasteiger partial charge is 0.478 e. The van der Waals surface area contributed by atoms with Crippen molar-refractivity contribution in [2.24, 2.45) is 5.92 Å². The molecule has 2 amide bonds. The van der Waals surface area contributed by atoms with E-state index in [4.69, 9.17) is 5.11 Å². The smallest absolute Gasteiger partial charge is 0.335 e. The monoisotopic (exact) mass is 290 g/mol. The lowest BCUT2D eigenvalue weighted by molar-refractivity contribution is 0.0696. The molecule has 2 N–H and O–H groups in total. The molecule has 5 heteroatoms. The van der Waals surface area contributed by atoms with Gasteiger partial charge in [-0.2, -0.15) is 0 Å². The predicted molar refractivity (Wildman–Crippen MR) is 80.2 cm³/mol. The van der Waals surface area contributed by atoms with E-state index in [0.29, 0.717) is 18.5 Å². The zero-order valence-electron chi connectivity index (χ0n) is 12.5. The fraction of sp³-hybridized carbons (Fsp3) is 0.500. The fourth-order valence-electron chi connectivity index (χ4n) is 2.83. The lowest BCUT2D eigenvalue weighted by Crippen LogP contribution is -2.44. The number of nitrogens with zero attached hydrogens (tertiary/aromatic N) is 1. The zero-order valence-corrected chi connectivity index (χ0v) is 12.5. The van der Waals surface area contributed by atoms with Crippen molar-refractivity contribution in [2.75, 3.05) is 6.54 Å². The molecule has 1 fully saturated rings. The number of nitrogens with one attached hydrogen (secondary N) is 1. The van der Waals surface area contributed by atoms with E-state index in [-0.39, 0.29) is 11.6 Å². The molecule has 1 aliphatic rings. The van der Waals surface area contributed by atoms with E-state index in [2.05, 4.69) is 19.2 Å². The number of aromatic carboxylic acids is 1. The number of carbonyl (C=O) groups is 2. The average Bonchev–Trinajstić information content (AvgIpc) is 2.94. The molecule has 0 bridgehead atoms. The third-order valence-corrected chi connectivity index (χ3v) is 3.95. The maximum Gasteiger partial charge on any atom is 0.335 e. The van der Waals surface area contributed by atoms with Crippen LogP contribution in [0.15, 0.2) is 24.3 Å². The van der Waals surface area contributed by atoms with Crippen molar-refractivity contribution in [3.8, 4) is 0 Å². The summed E-state index contributed by atoms with van der Waals surface area (Å²) in [5.41, 5.74) is 1.03. The van der Waals surface area contributed by atoms with Crippen molar-refractivity contribution in [1.82, 2.24) is 10.2 Å². The van der Waals surface area contributed by atoms with Crippen molar-refractivity contribution in [3.05, 3.63) is 35.4 Å². The summed E-state index contributed by atoms with van der Waals surface area (Å²) in [4.78, 5) is 25.1. The van der Waals surface area contributed by atoms with Crippen LogP contribution in [0.25, 0.3) is 0 Å². The Balaban J connectivity index is 1.95. The van der Waals surface area contributed by atoms with Crippen LogP contribution in [0.2, 0.25) is 0 Å². The first-order valence-corrected chi connectivity index (χ1v) is 7.35. The first-order chi connectivity index (χ1) is 9.99. The first-order valence-electron chi connectivity index (χ1n) is 7.35. The molecule has 1 aliphatic heterocycles. The number of hydrogen-bond donors (Lipinski definition) is 2. The summed E-state index contributed by atoms with van der Waals surface area (Å²) in [7, 11) is 0. The van der Waals surface area contributed by atoms with Gasteiger partial charge in [0.25, 0.3) is 0 Å². The molecule has 5 nitrogen and oxygen atoms in total. The van der Waals surface area contributed by atoms with Crippen LogP contribution < -0.4 is 5.32 Å². The highest BCUT2D eigenvalue weighted by Gasteiger charge is 2.30. The quantitative estimate of drug-likeness (QED) is 0.895. The van der Waals surface area contributed by atoms with E-state index in [1.54, 1.807) is 18.2 Å². The van der Waals surface area contributed by atoms with Gasteiger partial charge in [-0.3, -0.25) is 0 Å². The maximum absolute atomic E-state index is 12.3. The maximum atomic E-state index is 12.3. The summed E-state index contributed by atoms with van der Waals surface area (Å²) in [6, 6.07) is 6.88. The molecule has 114 valence electrons. The van der Waals surface area contributed by atoms with Crippen molar-refractivity contribution in [3.63, 3.8) is 0 Å². The molecule has 0 spiro atoms. The highest BCUT2D eigenvalue weighted by molar-refractivity contribution is 5.87. The minimum Gasteiger partial charge on any atom is -0.478 e. The van der Waals surface area contributed by atoms with Gasteiger partial charge in [-0.05, 0) is 36.5 Å². The zero-order chi connectivity index (χ0) is 15.4. The number of carbonyl (C=O) groups excluding carboxylic acids is 1. The summed E-state index contributed by atoms with van der Waals surface area (Å²) >= 11 is 0. The first kappa shape index (κ1) is 15.4. The molecule has 21 heavy (non-hydrogen) atoms. The Bertz CT molecular complexity index is 528. The normalized spacial score (nSPS) is 18.0. The number of benzene rings is 1. The third-order valence-electron chi connectivity index (χ3n) is 3.95. The van der Waals surface area contributed by atoms with Gasteiger partial charge >= 0.3 is 12.0 Å². The van der Waals surface area contributed by atoms with E-state index in [0.717, 1.165) is 24.9 Å². The Morgan fingerprint density at radius 1 is 1.43 bits per heavy atom. The molecule has 2 rings (SSSR count). The van der Waals surface area contributed by atoms with Crippen LogP contribution in [-0.4, -0.2) is 34.6 Å². The second-order valence-corrected chi connectivity index (χ2v) is 5.81. The fourth-order valence-corrected chi connectivity index (χ4v) is 2.83. The van der Waals surface area contributed by atoms with E-state index < -0.39 is 5.97 Å². The Kier molecular flexibility index (Phi) is 4.83. The van der Waals surface area contributed by atoms with Crippen LogP contribution in [0.1, 0.15) is 42.6 Å². The third kappa shape index (κ3) is 3.74. The second-order valence-electron chi connectivity index (χ2n) is 5.81. The Morgan fingerprint density at radius 2 is 2.19 bits per heavy atom. The molecule has 1 aromatic rings. The topological polar surface area (TPSA) is 69.6 Å².